The van der Waals surface area contributed by atoms with Gasteiger partial charge >= 0.3 is 15.6 Å². The molecule has 0 N–H and O–H groups in total. The Morgan fingerprint density at radius 1 is 0.923 bits per heavy atom. The number of halogens is 4. The minimum Gasteiger partial charge on any atom is -0.374 e. The smallest absolute Gasteiger partial charge is 0.374 e. The molecule has 0 fully saturated rings. The number of alkyl halides is 3. The summed E-state index contributed by atoms with van der Waals surface area (Å²) in [6, 6.07) is 15.6. The SMILES string of the molecule is Cc1ccc(-c2ccc3c(Cl)c(OS(=O)(=O)C(F)(F)F)ccc3c2)cc1. The molecule has 3 aromatic rings. The maximum absolute atomic E-state index is 12.5. The van der Waals surface area contributed by atoms with Crippen molar-refractivity contribution in [1.29, 1.82) is 0 Å². The van der Waals surface area contributed by atoms with Crippen LogP contribution in [-0.2, 0) is 10.1 Å². The van der Waals surface area contributed by atoms with E-state index in [0.717, 1.165) is 22.8 Å². The van der Waals surface area contributed by atoms with Crippen LogP contribution >= 0.6 is 11.6 Å². The summed E-state index contributed by atoms with van der Waals surface area (Å²) in [5.74, 6) is -0.570. The van der Waals surface area contributed by atoms with Crippen LogP contribution < -0.4 is 4.18 Å². The van der Waals surface area contributed by atoms with Gasteiger partial charge in [-0.05, 0) is 35.6 Å². The van der Waals surface area contributed by atoms with Crippen molar-refractivity contribution in [2.45, 2.75) is 12.4 Å². The summed E-state index contributed by atoms with van der Waals surface area (Å²) < 4.78 is 63.9. The molecule has 0 amide bonds. The molecule has 0 heterocycles. The van der Waals surface area contributed by atoms with E-state index in [4.69, 9.17) is 11.6 Å². The fourth-order valence-corrected chi connectivity index (χ4v) is 3.22. The molecule has 0 aromatic heterocycles. The van der Waals surface area contributed by atoms with Gasteiger partial charge in [-0.2, -0.15) is 21.6 Å². The zero-order valence-electron chi connectivity index (χ0n) is 13.3. The molecule has 136 valence electrons. The van der Waals surface area contributed by atoms with E-state index in [-0.39, 0.29) is 5.02 Å². The van der Waals surface area contributed by atoms with E-state index >= 15 is 0 Å². The normalized spacial score (nSPS) is 12.3. The van der Waals surface area contributed by atoms with Crippen LogP contribution in [-0.4, -0.2) is 13.9 Å². The second kappa shape index (κ2) is 6.48. The Labute approximate surface area is 153 Å². The molecule has 3 rings (SSSR count). The van der Waals surface area contributed by atoms with Gasteiger partial charge in [0.2, 0.25) is 0 Å². The topological polar surface area (TPSA) is 43.4 Å². The van der Waals surface area contributed by atoms with Gasteiger partial charge in [-0.25, -0.2) is 0 Å². The van der Waals surface area contributed by atoms with Gasteiger partial charge in [-0.1, -0.05) is 59.6 Å². The summed E-state index contributed by atoms with van der Waals surface area (Å²) in [5.41, 5.74) is -2.55. The van der Waals surface area contributed by atoms with Crippen LogP contribution in [0.2, 0.25) is 5.02 Å². The van der Waals surface area contributed by atoms with Crippen LogP contribution in [0.5, 0.6) is 5.75 Å². The monoisotopic (exact) mass is 400 g/mol. The fraction of sp³-hybridized carbons (Fsp3) is 0.111. The highest BCUT2D eigenvalue weighted by atomic mass is 35.5. The Bertz CT molecular complexity index is 1080. The first-order valence-electron chi connectivity index (χ1n) is 7.38. The average molecular weight is 401 g/mol. The second-order valence-corrected chi connectivity index (χ2v) is 7.58. The van der Waals surface area contributed by atoms with Gasteiger partial charge in [0.05, 0.1) is 5.02 Å². The van der Waals surface area contributed by atoms with Crippen molar-refractivity contribution < 1.29 is 25.8 Å². The van der Waals surface area contributed by atoms with Crippen LogP contribution in [0.4, 0.5) is 13.2 Å². The highest BCUT2D eigenvalue weighted by Crippen LogP contribution is 2.37. The highest BCUT2D eigenvalue weighted by molar-refractivity contribution is 7.88. The molecule has 0 saturated heterocycles. The molecule has 0 radical (unpaired) electrons. The third kappa shape index (κ3) is 3.50. The molecule has 3 aromatic carbocycles. The quantitative estimate of drug-likeness (QED) is 0.418. The number of rotatable bonds is 3. The third-order valence-electron chi connectivity index (χ3n) is 3.79. The van der Waals surface area contributed by atoms with Crippen molar-refractivity contribution in [2.24, 2.45) is 0 Å². The van der Waals surface area contributed by atoms with Gasteiger partial charge in [0.1, 0.15) is 0 Å². The van der Waals surface area contributed by atoms with Crippen molar-refractivity contribution in [1.82, 2.24) is 0 Å². The lowest BCUT2D eigenvalue weighted by atomic mass is 10.0. The molecular formula is C18H12ClF3O3S. The molecule has 0 aliphatic carbocycles. The van der Waals surface area contributed by atoms with Gasteiger partial charge in [-0.3, -0.25) is 0 Å². The Morgan fingerprint density at radius 2 is 1.54 bits per heavy atom. The first-order valence-corrected chi connectivity index (χ1v) is 9.17. The lowest BCUT2D eigenvalue weighted by Crippen LogP contribution is -2.28. The summed E-state index contributed by atoms with van der Waals surface area (Å²) in [6.07, 6.45) is 0. The largest absolute Gasteiger partial charge is 0.534 e. The first-order chi connectivity index (χ1) is 12.1. The summed E-state index contributed by atoms with van der Waals surface area (Å²) in [5, 5.41) is 0.827. The van der Waals surface area contributed by atoms with Crippen LogP contribution in [0.25, 0.3) is 21.9 Å². The van der Waals surface area contributed by atoms with Crippen LogP contribution in [0.15, 0.2) is 54.6 Å². The van der Waals surface area contributed by atoms with Crippen molar-refractivity contribution in [3.63, 3.8) is 0 Å². The molecule has 0 aliphatic heterocycles. The average Bonchev–Trinajstić information content (AvgIpc) is 2.57. The van der Waals surface area contributed by atoms with Gasteiger partial charge < -0.3 is 4.18 Å². The summed E-state index contributed by atoms with van der Waals surface area (Å²) in [7, 11) is -5.78. The summed E-state index contributed by atoms with van der Waals surface area (Å²) >= 11 is 6.06. The van der Waals surface area contributed by atoms with Gasteiger partial charge in [-0.15, -0.1) is 0 Å². The molecule has 0 aliphatic rings. The molecule has 26 heavy (non-hydrogen) atoms. The Kier molecular flexibility index (Phi) is 4.62. The Morgan fingerprint density at radius 3 is 2.15 bits per heavy atom. The molecule has 0 atom stereocenters. The van der Waals surface area contributed by atoms with Gasteiger partial charge in [0.15, 0.2) is 5.75 Å². The predicted octanol–water partition coefficient (Wildman–Crippen LogP) is 5.70. The second-order valence-electron chi connectivity index (χ2n) is 5.66. The van der Waals surface area contributed by atoms with E-state index in [0.29, 0.717) is 10.8 Å². The van der Waals surface area contributed by atoms with E-state index < -0.39 is 21.4 Å². The number of benzene rings is 3. The van der Waals surface area contributed by atoms with Crippen molar-refractivity contribution in [3.8, 4) is 16.9 Å². The van der Waals surface area contributed by atoms with E-state index in [9.17, 15) is 21.6 Å². The minimum atomic E-state index is -5.78. The lowest BCUT2D eigenvalue weighted by molar-refractivity contribution is -0.0500. The molecule has 3 nitrogen and oxygen atoms in total. The van der Waals surface area contributed by atoms with Gasteiger partial charge in [0.25, 0.3) is 0 Å². The Balaban J connectivity index is 2.03. The molecule has 0 unspecified atom stereocenters. The molecule has 8 heteroatoms. The number of aryl methyl sites for hydroxylation is 1. The standard InChI is InChI=1S/C18H12ClF3O3S/c1-11-2-4-12(5-3-11)13-6-8-15-14(10-13)7-9-16(17(15)19)25-26(23,24)18(20,21)22/h2-10H,1H3. The Hall–Kier alpha value is -2.25. The van der Waals surface area contributed by atoms with Gasteiger partial charge in [0, 0.05) is 5.39 Å². The maximum atomic E-state index is 12.5. The van der Waals surface area contributed by atoms with Crippen LogP contribution in [0.3, 0.4) is 0 Å². The molecular weight excluding hydrogens is 389 g/mol. The van der Waals surface area contributed by atoms with E-state index in [1.807, 2.05) is 37.3 Å². The first kappa shape index (κ1) is 18.5. The van der Waals surface area contributed by atoms with Crippen molar-refractivity contribution in [3.05, 3.63) is 65.2 Å². The highest BCUT2D eigenvalue weighted by Gasteiger charge is 2.48. The van der Waals surface area contributed by atoms with E-state index in [1.165, 1.54) is 6.07 Å². The number of fused-ring (bicyclic) bond motifs is 1. The molecule has 0 spiro atoms. The van der Waals surface area contributed by atoms with E-state index in [1.54, 1.807) is 12.1 Å². The predicted molar refractivity (Wildman–Crippen MR) is 94.7 cm³/mol. The zero-order chi connectivity index (χ0) is 19.1. The number of hydrogen-bond acceptors (Lipinski definition) is 3. The zero-order valence-corrected chi connectivity index (χ0v) is 14.9. The summed E-state index contributed by atoms with van der Waals surface area (Å²) in [6.45, 7) is 1.97. The molecule has 0 saturated carbocycles. The van der Waals surface area contributed by atoms with Crippen molar-refractivity contribution in [2.75, 3.05) is 0 Å². The van der Waals surface area contributed by atoms with Crippen molar-refractivity contribution >= 4 is 32.5 Å². The van der Waals surface area contributed by atoms with E-state index in [2.05, 4.69) is 4.18 Å². The van der Waals surface area contributed by atoms with Crippen LogP contribution in [0.1, 0.15) is 5.56 Å². The van der Waals surface area contributed by atoms with Crippen LogP contribution in [0, 0.1) is 6.92 Å². The number of hydrogen-bond donors (Lipinski definition) is 0. The molecule has 0 bridgehead atoms. The maximum Gasteiger partial charge on any atom is 0.534 e. The lowest BCUT2D eigenvalue weighted by Gasteiger charge is -2.12. The summed E-state index contributed by atoms with van der Waals surface area (Å²) in [4.78, 5) is 0. The third-order valence-corrected chi connectivity index (χ3v) is 5.14. The fourth-order valence-electron chi connectivity index (χ4n) is 2.43. The minimum absolute atomic E-state index is 0.203.